The van der Waals surface area contributed by atoms with E-state index in [-0.39, 0.29) is 16.6 Å². The molecule has 0 saturated carbocycles. The maximum Gasteiger partial charge on any atom is 0.358 e. The minimum atomic E-state index is -4.46. The standard InChI is InChI=1S/C13H13N2O4P/c14-10-6-2-1-5-9(10)13(16)15-11-7-3-4-8-12(11)20(17,18)19/h1-8H,14H2,(H,15,16)(H2,17,18,19). The normalized spacial score (nSPS) is 11.1. The molecule has 0 bridgehead atoms. The van der Waals surface area contributed by atoms with E-state index in [0.29, 0.717) is 5.69 Å². The van der Waals surface area contributed by atoms with Gasteiger partial charge in [-0.2, -0.15) is 0 Å². The lowest BCUT2D eigenvalue weighted by atomic mass is 10.1. The largest absolute Gasteiger partial charge is 0.398 e. The molecule has 0 aliphatic carbocycles. The topological polar surface area (TPSA) is 113 Å². The molecule has 0 unspecified atom stereocenters. The number of carbonyl (C=O) groups is 1. The highest BCUT2D eigenvalue weighted by molar-refractivity contribution is 7.60. The van der Waals surface area contributed by atoms with E-state index in [1.807, 2.05) is 0 Å². The predicted molar refractivity (Wildman–Crippen MR) is 76.9 cm³/mol. The van der Waals surface area contributed by atoms with Crippen molar-refractivity contribution in [1.29, 1.82) is 0 Å². The molecule has 2 rings (SSSR count). The van der Waals surface area contributed by atoms with Crippen molar-refractivity contribution in [3.8, 4) is 0 Å². The first-order valence-corrected chi connectivity index (χ1v) is 7.32. The molecule has 0 aliphatic heterocycles. The van der Waals surface area contributed by atoms with Crippen LogP contribution < -0.4 is 16.4 Å². The first kappa shape index (κ1) is 14.3. The Morgan fingerprint density at radius 2 is 1.65 bits per heavy atom. The Hall–Kier alpha value is -2.14. The van der Waals surface area contributed by atoms with Crippen LogP contribution in [-0.4, -0.2) is 15.7 Å². The number of para-hydroxylation sites is 2. The summed E-state index contributed by atoms with van der Waals surface area (Å²) < 4.78 is 11.4. The van der Waals surface area contributed by atoms with E-state index in [4.69, 9.17) is 5.73 Å². The van der Waals surface area contributed by atoms with E-state index in [1.165, 1.54) is 24.3 Å². The highest BCUT2D eigenvalue weighted by Crippen LogP contribution is 2.36. The third-order valence-electron chi connectivity index (χ3n) is 2.67. The number of amides is 1. The average Bonchev–Trinajstić information content (AvgIpc) is 2.38. The molecule has 5 N–H and O–H groups in total. The molecular weight excluding hydrogens is 279 g/mol. The van der Waals surface area contributed by atoms with E-state index in [1.54, 1.807) is 24.3 Å². The van der Waals surface area contributed by atoms with Gasteiger partial charge in [0.2, 0.25) is 0 Å². The average molecular weight is 292 g/mol. The third kappa shape index (κ3) is 3.05. The monoisotopic (exact) mass is 292 g/mol. The van der Waals surface area contributed by atoms with Crippen molar-refractivity contribution in [3.05, 3.63) is 54.1 Å². The van der Waals surface area contributed by atoms with Gasteiger partial charge in [0.25, 0.3) is 5.91 Å². The van der Waals surface area contributed by atoms with Gasteiger partial charge in [0, 0.05) is 5.69 Å². The summed E-state index contributed by atoms with van der Waals surface area (Å²) in [7, 11) is -4.46. The van der Waals surface area contributed by atoms with Crippen LogP contribution in [-0.2, 0) is 4.57 Å². The van der Waals surface area contributed by atoms with Crippen LogP contribution in [0.5, 0.6) is 0 Å². The summed E-state index contributed by atoms with van der Waals surface area (Å²) in [5.74, 6) is -0.524. The Balaban J connectivity index is 2.34. The summed E-state index contributed by atoms with van der Waals surface area (Å²) in [4.78, 5) is 30.6. The Morgan fingerprint density at radius 1 is 1.05 bits per heavy atom. The number of carbonyl (C=O) groups excluding carboxylic acids is 1. The summed E-state index contributed by atoms with van der Waals surface area (Å²) in [5, 5.41) is 2.23. The number of hydrogen-bond donors (Lipinski definition) is 4. The zero-order valence-electron chi connectivity index (χ0n) is 10.4. The van der Waals surface area contributed by atoms with Crippen molar-refractivity contribution < 1.29 is 19.1 Å². The lowest BCUT2D eigenvalue weighted by Gasteiger charge is -2.12. The van der Waals surface area contributed by atoms with Gasteiger partial charge in [-0.25, -0.2) is 0 Å². The third-order valence-corrected chi connectivity index (χ3v) is 3.69. The van der Waals surface area contributed by atoms with Gasteiger partial charge in [0.05, 0.1) is 16.6 Å². The quantitative estimate of drug-likeness (QED) is 0.503. The summed E-state index contributed by atoms with van der Waals surface area (Å²) in [6.45, 7) is 0. The van der Waals surface area contributed by atoms with E-state index >= 15 is 0 Å². The van der Waals surface area contributed by atoms with E-state index in [0.717, 1.165) is 0 Å². The molecule has 0 fully saturated rings. The molecule has 0 atom stereocenters. The molecule has 0 heterocycles. The Kier molecular flexibility index (Phi) is 3.90. The molecule has 0 radical (unpaired) electrons. The van der Waals surface area contributed by atoms with Crippen molar-refractivity contribution in [2.24, 2.45) is 0 Å². The first-order chi connectivity index (χ1) is 9.39. The van der Waals surface area contributed by atoms with Crippen molar-refractivity contribution in [2.75, 3.05) is 11.1 Å². The summed E-state index contributed by atoms with van der Waals surface area (Å²) in [6, 6.07) is 12.2. The van der Waals surface area contributed by atoms with Gasteiger partial charge < -0.3 is 20.8 Å². The Morgan fingerprint density at radius 3 is 2.30 bits per heavy atom. The number of rotatable bonds is 3. The van der Waals surface area contributed by atoms with Crippen LogP contribution >= 0.6 is 7.60 Å². The van der Waals surface area contributed by atoms with Gasteiger partial charge in [-0.05, 0) is 24.3 Å². The van der Waals surface area contributed by atoms with E-state index in [9.17, 15) is 19.1 Å². The van der Waals surface area contributed by atoms with Crippen molar-refractivity contribution >= 4 is 30.2 Å². The molecule has 104 valence electrons. The Bertz CT molecular complexity index is 696. The zero-order chi connectivity index (χ0) is 14.8. The van der Waals surface area contributed by atoms with Crippen molar-refractivity contribution in [2.45, 2.75) is 0 Å². The lowest BCUT2D eigenvalue weighted by Crippen LogP contribution is -2.19. The minimum absolute atomic E-state index is 0.0640. The fraction of sp³-hybridized carbons (Fsp3) is 0. The van der Waals surface area contributed by atoms with Gasteiger partial charge in [-0.15, -0.1) is 0 Å². The van der Waals surface area contributed by atoms with Crippen LogP contribution in [0.3, 0.4) is 0 Å². The maximum absolute atomic E-state index is 12.1. The SMILES string of the molecule is Nc1ccccc1C(=O)Nc1ccccc1P(=O)(O)O. The second-order valence-corrected chi connectivity index (χ2v) is 5.67. The molecule has 2 aromatic rings. The molecule has 1 amide bonds. The van der Waals surface area contributed by atoms with Crippen LogP contribution in [0, 0.1) is 0 Å². The molecule has 0 spiro atoms. The summed E-state index contributed by atoms with van der Waals surface area (Å²) in [5.41, 5.74) is 6.28. The van der Waals surface area contributed by atoms with Crippen LogP contribution in [0.25, 0.3) is 0 Å². The van der Waals surface area contributed by atoms with Crippen LogP contribution in [0.2, 0.25) is 0 Å². The number of nitrogens with two attached hydrogens (primary N) is 1. The molecule has 2 aromatic carbocycles. The zero-order valence-corrected chi connectivity index (χ0v) is 11.2. The van der Waals surface area contributed by atoms with Crippen LogP contribution in [0.1, 0.15) is 10.4 Å². The minimum Gasteiger partial charge on any atom is -0.398 e. The predicted octanol–water partition coefficient (Wildman–Crippen LogP) is 1.32. The Labute approximate surface area is 115 Å². The summed E-state index contributed by atoms with van der Waals surface area (Å²) in [6.07, 6.45) is 0. The van der Waals surface area contributed by atoms with Gasteiger partial charge >= 0.3 is 7.60 Å². The number of benzene rings is 2. The molecule has 20 heavy (non-hydrogen) atoms. The van der Waals surface area contributed by atoms with Gasteiger partial charge in [0.1, 0.15) is 0 Å². The van der Waals surface area contributed by atoms with Gasteiger partial charge in [-0.3, -0.25) is 9.36 Å². The maximum atomic E-state index is 12.1. The molecule has 0 aromatic heterocycles. The second kappa shape index (κ2) is 5.46. The van der Waals surface area contributed by atoms with Crippen LogP contribution in [0.15, 0.2) is 48.5 Å². The highest BCUT2D eigenvalue weighted by Gasteiger charge is 2.22. The highest BCUT2D eigenvalue weighted by atomic mass is 31.2. The smallest absolute Gasteiger partial charge is 0.358 e. The molecule has 7 heteroatoms. The summed E-state index contributed by atoms with van der Waals surface area (Å²) >= 11 is 0. The van der Waals surface area contributed by atoms with E-state index < -0.39 is 13.5 Å². The van der Waals surface area contributed by atoms with Crippen molar-refractivity contribution in [1.82, 2.24) is 0 Å². The number of nitrogens with one attached hydrogen (secondary N) is 1. The molecular formula is C13H13N2O4P. The fourth-order valence-electron chi connectivity index (χ4n) is 1.73. The number of nitrogen functional groups attached to an aromatic ring is 1. The fourth-order valence-corrected chi connectivity index (χ4v) is 2.45. The number of anilines is 2. The van der Waals surface area contributed by atoms with Crippen molar-refractivity contribution in [3.63, 3.8) is 0 Å². The number of hydrogen-bond acceptors (Lipinski definition) is 3. The van der Waals surface area contributed by atoms with Gasteiger partial charge in [0.15, 0.2) is 0 Å². The second-order valence-electron chi connectivity index (χ2n) is 4.10. The molecule has 0 saturated heterocycles. The van der Waals surface area contributed by atoms with E-state index in [2.05, 4.69) is 5.32 Å². The molecule has 0 aliphatic rings. The first-order valence-electron chi connectivity index (χ1n) is 5.70. The van der Waals surface area contributed by atoms with Crippen LogP contribution in [0.4, 0.5) is 11.4 Å². The lowest BCUT2D eigenvalue weighted by molar-refractivity contribution is 0.102. The molecule has 6 nitrogen and oxygen atoms in total. The van der Waals surface area contributed by atoms with Gasteiger partial charge in [-0.1, -0.05) is 24.3 Å².